The maximum absolute atomic E-state index is 12.0. The molecule has 0 saturated heterocycles. The molecule has 0 unspecified atom stereocenters. The second kappa shape index (κ2) is 7.89. The molecule has 0 heterocycles. The molecular weight excluding hydrogens is 368 g/mol. The normalized spacial score (nSPS) is 11.7. The number of esters is 1. The summed E-state index contributed by atoms with van der Waals surface area (Å²) >= 11 is 0. The van der Waals surface area contributed by atoms with Gasteiger partial charge in [0.2, 0.25) is 10.0 Å². The van der Waals surface area contributed by atoms with E-state index in [0.29, 0.717) is 11.3 Å². The molecule has 1 amide bonds. The molecule has 144 valence electrons. The molecule has 0 fully saturated rings. The van der Waals surface area contributed by atoms with Gasteiger partial charge in [-0.1, -0.05) is 32.9 Å². The molecule has 0 bridgehead atoms. The number of primary sulfonamides is 1. The monoisotopic (exact) mass is 390 g/mol. The van der Waals surface area contributed by atoms with Crippen LogP contribution in [0, 0.1) is 0 Å². The van der Waals surface area contributed by atoms with Gasteiger partial charge in [0.25, 0.3) is 5.91 Å². The first kappa shape index (κ1) is 20.6. The van der Waals surface area contributed by atoms with Crippen molar-refractivity contribution in [2.24, 2.45) is 5.14 Å². The highest BCUT2D eigenvalue weighted by atomic mass is 32.2. The van der Waals surface area contributed by atoms with Gasteiger partial charge in [0, 0.05) is 5.69 Å². The van der Waals surface area contributed by atoms with Crippen LogP contribution >= 0.6 is 0 Å². The van der Waals surface area contributed by atoms with E-state index in [9.17, 15) is 18.0 Å². The number of hydrogen-bond donors (Lipinski definition) is 2. The lowest BCUT2D eigenvalue weighted by Crippen LogP contribution is -2.21. The fourth-order valence-electron chi connectivity index (χ4n) is 2.25. The first-order valence-electron chi connectivity index (χ1n) is 8.17. The van der Waals surface area contributed by atoms with Crippen molar-refractivity contribution >= 4 is 27.6 Å². The Hall–Kier alpha value is -2.71. The number of nitrogens with two attached hydrogens (primary N) is 1. The van der Waals surface area contributed by atoms with Gasteiger partial charge in [0.1, 0.15) is 0 Å². The fourth-order valence-corrected chi connectivity index (χ4v) is 2.76. The van der Waals surface area contributed by atoms with Crippen LogP contribution in [0.4, 0.5) is 5.69 Å². The van der Waals surface area contributed by atoms with Gasteiger partial charge in [0.05, 0.1) is 10.5 Å². The van der Waals surface area contributed by atoms with Crippen LogP contribution in [-0.2, 0) is 25.0 Å². The number of anilines is 1. The van der Waals surface area contributed by atoms with Gasteiger partial charge in [-0.2, -0.15) is 0 Å². The van der Waals surface area contributed by atoms with Crippen molar-refractivity contribution in [2.75, 3.05) is 11.9 Å². The smallest absolute Gasteiger partial charge is 0.338 e. The largest absolute Gasteiger partial charge is 0.452 e. The van der Waals surface area contributed by atoms with E-state index in [1.807, 2.05) is 12.1 Å². The van der Waals surface area contributed by atoms with E-state index in [1.54, 1.807) is 12.1 Å². The molecule has 0 saturated carbocycles. The van der Waals surface area contributed by atoms with Crippen molar-refractivity contribution in [3.63, 3.8) is 0 Å². The Morgan fingerprint density at radius 1 is 1.00 bits per heavy atom. The van der Waals surface area contributed by atoms with Gasteiger partial charge in [0.15, 0.2) is 6.61 Å². The third-order valence-corrected chi connectivity index (χ3v) is 4.72. The molecule has 0 aromatic heterocycles. The maximum atomic E-state index is 12.0. The molecule has 0 spiro atoms. The second-order valence-corrected chi connectivity index (χ2v) is 8.58. The van der Waals surface area contributed by atoms with Crippen molar-refractivity contribution in [2.45, 2.75) is 31.1 Å². The molecule has 27 heavy (non-hydrogen) atoms. The molecule has 8 heteroatoms. The average Bonchev–Trinajstić information content (AvgIpc) is 2.58. The number of amides is 1. The number of rotatable bonds is 5. The van der Waals surface area contributed by atoms with Crippen LogP contribution in [0.25, 0.3) is 0 Å². The maximum Gasteiger partial charge on any atom is 0.338 e. The topological polar surface area (TPSA) is 116 Å². The summed E-state index contributed by atoms with van der Waals surface area (Å²) < 4.78 is 27.4. The zero-order valence-corrected chi connectivity index (χ0v) is 16.2. The number of hydrogen-bond acceptors (Lipinski definition) is 5. The zero-order chi connectivity index (χ0) is 20.2. The van der Waals surface area contributed by atoms with E-state index in [2.05, 4.69) is 26.1 Å². The van der Waals surface area contributed by atoms with Crippen LogP contribution in [0.3, 0.4) is 0 Å². The molecule has 0 aliphatic carbocycles. The number of carbonyl (C=O) groups is 2. The van der Waals surface area contributed by atoms with Gasteiger partial charge in [-0.3, -0.25) is 4.79 Å². The van der Waals surface area contributed by atoms with Crippen LogP contribution < -0.4 is 10.5 Å². The number of sulfonamides is 1. The van der Waals surface area contributed by atoms with Crippen LogP contribution in [-0.4, -0.2) is 26.9 Å². The summed E-state index contributed by atoms with van der Waals surface area (Å²) in [6.07, 6.45) is 0. The van der Waals surface area contributed by atoms with Gasteiger partial charge in [-0.05, 0) is 47.4 Å². The molecule has 0 aliphatic rings. The van der Waals surface area contributed by atoms with Gasteiger partial charge >= 0.3 is 5.97 Å². The molecule has 3 N–H and O–H groups in total. The summed E-state index contributed by atoms with van der Waals surface area (Å²) in [5.74, 6) is -1.15. The lowest BCUT2D eigenvalue weighted by molar-refractivity contribution is -0.119. The number of carbonyl (C=O) groups excluding carboxylic acids is 2. The first-order valence-corrected chi connectivity index (χ1v) is 9.72. The van der Waals surface area contributed by atoms with E-state index < -0.39 is 28.5 Å². The summed E-state index contributed by atoms with van der Waals surface area (Å²) in [6, 6.07) is 12.4. The lowest BCUT2D eigenvalue weighted by atomic mass is 9.87. The number of ether oxygens (including phenoxy) is 1. The SMILES string of the molecule is CC(C)(C)c1ccc(C(=O)OCC(=O)Nc2ccc(S(N)(=O)=O)cc2)cc1. The predicted molar refractivity (Wildman–Crippen MR) is 102 cm³/mol. The molecule has 2 aromatic carbocycles. The minimum atomic E-state index is -3.79. The lowest BCUT2D eigenvalue weighted by Gasteiger charge is -2.18. The van der Waals surface area contributed by atoms with Crippen LogP contribution in [0.5, 0.6) is 0 Å². The standard InChI is InChI=1S/C19H22N2O5S/c1-19(2,3)14-6-4-13(5-7-14)18(23)26-12-17(22)21-15-8-10-16(11-9-15)27(20,24)25/h4-11H,12H2,1-3H3,(H,21,22)(H2,20,24,25). The summed E-state index contributed by atoms with van der Waals surface area (Å²) in [5, 5.41) is 7.51. The minimum absolute atomic E-state index is 0.0267. The average molecular weight is 390 g/mol. The molecule has 0 atom stereocenters. The van der Waals surface area contributed by atoms with Crippen LogP contribution in [0.1, 0.15) is 36.7 Å². The van der Waals surface area contributed by atoms with Crippen LogP contribution in [0.15, 0.2) is 53.4 Å². The highest BCUT2D eigenvalue weighted by Crippen LogP contribution is 2.22. The van der Waals surface area contributed by atoms with Crippen molar-refractivity contribution < 1.29 is 22.7 Å². The van der Waals surface area contributed by atoms with Crippen molar-refractivity contribution in [1.82, 2.24) is 0 Å². The second-order valence-electron chi connectivity index (χ2n) is 7.02. The molecule has 0 aliphatic heterocycles. The summed E-state index contributed by atoms with van der Waals surface area (Å²) in [4.78, 5) is 23.9. The van der Waals surface area contributed by atoms with Gasteiger partial charge in [-0.25, -0.2) is 18.4 Å². The Labute approximate surface area is 158 Å². The van der Waals surface area contributed by atoms with E-state index in [4.69, 9.17) is 9.88 Å². The van der Waals surface area contributed by atoms with Gasteiger partial charge in [-0.15, -0.1) is 0 Å². The molecule has 2 aromatic rings. The third kappa shape index (κ3) is 5.90. The molecule has 2 rings (SSSR count). The van der Waals surface area contributed by atoms with Gasteiger partial charge < -0.3 is 10.1 Å². The Balaban J connectivity index is 1.90. The minimum Gasteiger partial charge on any atom is -0.452 e. The van der Waals surface area contributed by atoms with E-state index in [-0.39, 0.29) is 10.3 Å². The van der Waals surface area contributed by atoms with E-state index >= 15 is 0 Å². The Bertz CT molecular complexity index is 928. The molecule has 7 nitrogen and oxygen atoms in total. The highest BCUT2D eigenvalue weighted by Gasteiger charge is 2.15. The number of benzene rings is 2. The Morgan fingerprint density at radius 3 is 2.04 bits per heavy atom. The predicted octanol–water partition coefficient (Wildman–Crippen LogP) is 2.43. The van der Waals surface area contributed by atoms with Crippen molar-refractivity contribution in [1.29, 1.82) is 0 Å². The highest BCUT2D eigenvalue weighted by molar-refractivity contribution is 7.89. The van der Waals surface area contributed by atoms with Crippen molar-refractivity contribution in [3.05, 3.63) is 59.7 Å². The first-order chi connectivity index (χ1) is 12.5. The Morgan fingerprint density at radius 2 is 1.56 bits per heavy atom. The number of nitrogens with one attached hydrogen (secondary N) is 1. The zero-order valence-electron chi connectivity index (χ0n) is 15.4. The van der Waals surface area contributed by atoms with Crippen LogP contribution in [0.2, 0.25) is 0 Å². The summed E-state index contributed by atoms with van der Waals surface area (Å²) in [6.45, 7) is 5.75. The third-order valence-electron chi connectivity index (χ3n) is 3.79. The quantitative estimate of drug-likeness (QED) is 0.761. The fraction of sp³-hybridized carbons (Fsp3) is 0.263. The van der Waals surface area contributed by atoms with E-state index in [1.165, 1.54) is 24.3 Å². The Kier molecular flexibility index (Phi) is 6.02. The molecule has 0 radical (unpaired) electrons. The summed E-state index contributed by atoms with van der Waals surface area (Å²) in [5.41, 5.74) is 1.77. The molecular formula is C19H22N2O5S. The van der Waals surface area contributed by atoms with E-state index in [0.717, 1.165) is 5.56 Å². The summed E-state index contributed by atoms with van der Waals surface area (Å²) in [7, 11) is -3.79. The van der Waals surface area contributed by atoms with Crippen molar-refractivity contribution in [3.8, 4) is 0 Å².